The zero-order chi connectivity index (χ0) is 14.2. The highest BCUT2D eigenvalue weighted by molar-refractivity contribution is 7.92. The van der Waals surface area contributed by atoms with Gasteiger partial charge in [0, 0.05) is 0 Å². The Morgan fingerprint density at radius 2 is 2.06 bits per heavy atom. The first-order chi connectivity index (χ1) is 7.99. The molecule has 4 nitrogen and oxygen atoms in total. The Bertz CT molecular complexity index is 599. The zero-order valence-corrected chi connectivity index (χ0v) is 14.0. The normalized spacial score (nSPS) is 15.8. The predicted octanol–water partition coefficient (Wildman–Crippen LogP) is 4.00. The van der Waals surface area contributed by atoms with Gasteiger partial charge in [-0.15, -0.1) is 0 Å². The minimum absolute atomic E-state index is 0.00627. The lowest BCUT2D eigenvalue weighted by Gasteiger charge is -2.32. The van der Waals surface area contributed by atoms with Crippen LogP contribution in [0, 0.1) is 6.57 Å². The Kier molecular flexibility index (Phi) is 4.08. The Hall–Kier alpha value is -0.683. The van der Waals surface area contributed by atoms with Crippen LogP contribution in [0.5, 0.6) is 0 Å². The van der Waals surface area contributed by atoms with Gasteiger partial charge in [0.25, 0.3) is 0 Å². The molecule has 1 heterocycles. The van der Waals surface area contributed by atoms with E-state index in [1.807, 2.05) is 0 Å². The van der Waals surface area contributed by atoms with E-state index in [1.54, 1.807) is 11.4 Å². The van der Waals surface area contributed by atoms with Gasteiger partial charge < -0.3 is 0 Å². The minimum atomic E-state index is -2.89. The zero-order valence-electron chi connectivity index (χ0n) is 11.4. The molecule has 0 aliphatic rings. The summed E-state index contributed by atoms with van der Waals surface area (Å²) in [5.41, 5.74) is 0. The summed E-state index contributed by atoms with van der Waals surface area (Å²) >= 11 is 1.25. The highest BCUT2D eigenvalue weighted by Gasteiger charge is 2.37. The smallest absolute Gasteiger partial charge is 0.242 e. The maximum absolute atomic E-state index is 12.5. The van der Waals surface area contributed by atoms with Gasteiger partial charge in [0.1, 0.15) is 9.92 Å². The van der Waals surface area contributed by atoms with Gasteiger partial charge in [-0.3, -0.25) is 4.03 Å². The van der Waals surface area contributed by atoms with Crippen molar-refractivity contribution in [2.45, 2.75) is 43.8 Å². The van der Waals surface area contributed by atoms with Crippen LogP contribution in [0.15, 0.2) is 20.4 Å². The highest BCUT2D eigenvalue weighted by atomic mass is 32.2. The van der Waals surface area contributed by atoms with Gasteiger partial charge in [-0.25, -0.2) is 14.2 Å². The number of nitrogens with zero attached hydrogens (tertiary/aromatic N) is 2. The van der Waals surface area contributed by atoms with Crippen LogP contribution in [0.4, 0.5) is 5.00 Å². The fraction of sp³-hybridized carbons (Fsp3) is 0.545. The monoisotopic (exact) mass is 301 g/mol. The lowest BCUT2D eigenvalue weighted by molar-refractivity contribution is 0.676. The molecular weight excluding hydrogens is 282 g/mol. The SMILES string of the molecule is [C-]#[N+]c1cc(S(N)(=O)=N[Si](C)(C)C(C)(C)C)cs1. The molecular formula is C11H19N3OS2Si. The summed E-state index contributed by atoms with van der Waals surface area (Å²) in [6, 6.07) is 1.58. The molecule has 0 aliphatic heterocycles. The first-order valence-corrected chi connectivity index (χ1v) is 10.9. The second kappa shape index (κ2) is 4.77. The summed E-state index contributed by atoms with van der Waals surface area (Å²) in [5, 5.41) is 8.05. The molecule has 0 fully saturated rings. The van der Waals surface area contributed by atoms with Crippen LogP contribution in [0.3, 0.4) is 0 Å². The summed E-state index contributed by atoms with van der Waals surface area (Å²) in [5.74, 6) is 0. The lowest BCUT2D eigenvalue weighted by Crippen LogP contribution is -2.37. The van der Waals surface area contributed by atoms with Crippen molar-refractivity contribution < 1.29 is 4.21 Å². The molecule has 0 bridgehead atoms. The van der Waals surface area contributed by atoms with Gasteiger partial charge in [-0.1, -0.05) is 20.8 Å². The van der Waals surface area contributed by atoms with Crippen LogP contribution in [0.2, 0.25) is 18.1 Å². The molecule has 1 rings (SSSR count). The largest absolute Gasteiger partial charge is 0.261 e. The number of thiophene rings is 1. The third kappa shape index (κ3) is 3.20. The average Bonchev–Trinajstić information content (AvgIpc) is 2.62. The summed E-state index contributed by atoms with van der Waals surface area (Å²) in [4.78, 5) is 3.78. The summed E-state index contributed by atoms with van der Waals surface area (Å²) in [6.07, 6.45) is 0. The van der Waals surface area contributed by atoms with E-state index in [0.717, 1.165) is 0 Å². The van der Waals surface area contributed by atoms with E-state index in [0.29, 0.717) is 9.90 Å². The molecule has 0 aromatic carbocycles. The minimum Gasteiger partial charge on any atom is -0.261 e. The van der Waals surface area contributed by atoms with Crippen molar-refractivity contribution in [3.8, 4) is 0 Å². The standard InChI is InChI=1S/C11H19N3OS2Si/c1-11(2,3)18(5,6)14-17(12,15)9-7-10(13-4)16-8-9/h7-8H,1-3,5-6H3,(H2,12,14,15). The molecule has 18 heavy (non-hydrogen) atoms. The molecule has 0 saturated heterocycles. The number of hydrogen-bond acceptors (Lipinski definition) is 3. The van der Waals surface area contributed by atoms with E-state index in [-0.39, 0.29) is 5.04 Å². The van der Waals surface area contributed by atoms with Crippen molar-refractivity contribution in [1.29, 1.82) is 0 Å². The van der Waals surface area contributed by atoms with Crippen molar-refractivity contribution in [3.63, 3.8) is 0 Å². The fourth-order valence-corrected chi connectivity index (χ4v) is 6.88. The summed E-state index contributed by atoms with van der Waals surface area (Å²) in [7, 11) is -4.96. The van der Waals surface area contributed by atoms with Crippen LogP contribution >= 0.6 is 11.3 Å². The van der Waals surface area contributed by atoms with E-state index >= 15 is 0 Å². The maximum atomic E-state index is 12.5. The Morgan fingerprint density at radius 3 is 2.44 bits per heavy atom. The van der Waals surface area contributed by atoms with Crippen LogP contribution in [0.25, 0.3) is 4.85 Å². The Morgan fingerprint density at radius 1 is 1.50 bits per heavy atom. The van der Waals surface area contributed by atoms with E-state index in [2.05, 4.69) is 42.7 Å². The van der Waals surface area contributed by atoms with Gasteiger partial charge in [-0.2, -0.15) is 11.3 Å². The van der Waals surface area contributed by atoms with Crippen molar-refractivity contribution >= 4 is 34.5 Å². The predicted molar refractivity (Wildman–Crippen MR) is 80.8 cm³/mol. The highest BCUT2D eigenvalue weighted by Crippen LogP contribution is 2.38. The molecule has 2 N–H and O–H groups in total. The van der Waals surface area contributed by atoms with Gasteiger partial charge in [0.15, 0.2) is 8.24 Å². The fourth-order valence-electron chi connectivity index (χ4n) is 1.05. The van der Waals surface area contributed by atoms with Gasteiger partial charge in [0.05, 0.1) is 11.5 Å². The molecule has 0 radical (unpaired) electrons. The van der Waals surface area contributed by atoms with E-state index in [1.165, 1.54) is 11.3 Å². The lowest BCUT2D eigenvalue weighted by atomic mass is 10.2. The molecule has 0 aliphatic carbocycles. The van der Waals surface area contributed by atoms with Gasteiger partial charge in [-0.05, 0) is 29.6 Å². The van der Waals surface area contributed by atoms with Gasteiger partial charge in [0.2, 0.25) is 5.00 Å². The van der Waals surface area contributed by atoms with Crippen LogP contribution in [-0.2, 0) is 9.92 Å². The molecule has 1 atom stereocenters. The second-order valence-corrected chi connectivity index (χ2v) is 13.5. The number of rotatable bonds is 2. The Labute approximate surface area is 114 Å². The average molecular weight is 302 g/mol. The van der Waals surface area contributed by atoms with Crippen molar-refractivity contribution in [2.75, 3.05) is 0 Å². The number of hydrogen-bond donors (Lipinski definition) is 1. The van der Waals surface area contributed by atoms with Crippen molar-refractivity contribution in [3.05, 3.63) is 22.9 Å². The third-order valence-corrected chi connectivity index (χ3v) is 11.7. The van der Waals surface area contributed by atoms with Crippen LogP contribution in [0.1, 0.15) is 20.8 Å². The molecule has 7 heteroatoms. The van der Waals surface area contributed by atoms with Crippen molar-refractivity contribution in [2.24, 2.45) is 9.17 Å². The topological polar surface area (TPSA) is 59.8 Å². The molecule has 1 aromatic heterocycles. The summed E-state index contributed by atoms with van der Waals surface area (Å²) < 4.78 is 17.0. The number of nitrogens with two attached hydrogens (primary N) is 1. The van der Waals surface area contributed by atoms with E-state index < -0.39 is 18.2 Å². The Balaban J connectivity index is 3.31. The van der Waals surface area contributed by atoms with Crippen LogP contribution < -0.4 is 5.14 Å². The maximum Gasteiger partial charge on any atom is 0.242 e. The first kappa shape index (κ1) is 15.4. The molecule has 0 saturated carbocycles. The van der Waals surface area contributed by atoms with E-state index in [4.69, 9.17) is 11.7 Å². The molecule has 0 spiro atoms. The van der Waals surface area contributed by atoms with E-state index in [9.17, 15) is 4.21 Å². The quantitative estimate of drug-likeness (QED) is 0.651. The first-order valence-electron chi connectivity index (χ1n) is 5.52. The molecule has 1 unspecified atom stereocenters. The molecule has 100 valence electrons. The third-order valence-electron chi connectivity index (χ3n) is 3.21. The van der Waals surface area contributed by atoms with Crippen molar-refractivity contribution in [1.82, 2.24) is 0 Å². The van der Waals surface area contributed by atoms with Gasteiger partial charge >= 0.3 is 0 Å². The molecule has 1 aromatic rings. The van der Waals surface area contributed by atoms with Crippen LogP contribution in [-0.4, -0.2) is 12.4 Å². The summed E-state index contributed by atoms with van der Waals surface area (Å²) in [6.45, 7) is 17.3. The molecule has 0 amide bonds. The second-order valence-electron chi connectivity index (χ2n) is 5.70.